The van der Waals surface area contributed by atoms with Crippen LogP contribution in [0, 0.1) is 0 Å². The maximum absolute atomic E-state index is 12.0. The first-order valence-corrected chi connectivity index (χ1v) is 16.0. The summed E-state index contributed by atoms with van der Waals surface area (Å²) in [5.41, 5.74) is 1.37. The second-order valence-corrected chi connectivity index (χ2v) is 11.0. The summed E-state index contributed by atoms with van der Waals surface area (Å²) in [5, 5.41) is 0. The Morgan fingerprint density at radius 3 is 1.62 bits per heavy atom. The summed E-state index contributed by atoms with van der Waals surface area (Å²) < 4.78 is 56.4. The molecule has 0 heterocycles. The fraction of sp³-hybridized carbons (Fsp3) is 0.613. The molecule has 0 aliphatic carbocycles. The molecule has 9 heteroatoms. The Bertz CT molecular complexity index is 951. The third kappa shape index (κ3) is 16.9. The first kappa shape index (κ1) is 34.2. The van der Waals surface area contributed by atoms with Gasteiger partial charge in [-0.1, -0.05) is 75.8 Å². The Balaban J connectivity index is 1.32. The fourth-order valence-electron chi connectivity index (χ4n) is 3.88. The molecule has 0 radical (unpaired) electrons. The minimum Gasteiger partial charge on any atom is -0.491 e. The molecule has 0 unspecified atom stereocenters. The highest BCUT2D eigenvalue weighted by atomic mass is 32.2. The third-order valence-electron chi connectivity index (χ3n) is 6.10. The van der Waals surface area contributed by atoms with E-state index in [2.05, 4.69) is 19.1 Å². The summed E-state index contributed by atoms with van der Waals surface area (Å²) in [6.45, 7) is 6.01. The maximum atomic E-state index is 12.0. The maximum Gasteiger partial charge on any atom is 0.297 e. The predicted molar refractivity (Wildman–Crippen MR) is 156 cm³/mol. The Hall–Kier alpha value is -2.01. The summed E-state index contributed by atoms with van der Waals surface area (Å²) in [4.78, 5) is 0.131. The zero-order chi connectivity index (χ0) is 28.6. The van der Waals surface area contributed by atoms with Gasteiger partial charge in [-0.3, -0.25) is 4.18 Å². The molecule has 0 fully saturated rings. The summed E-state index contributed by atoms with van der Waals surface area (Å²) in [7, 11) is -3.74. The molecule has 2 aromatic carbocycles. The van der Waals surface area contributed by atoms with Gasteiger partial charge in [-0.2, -0.15) is 8.42 Å². The zero-order valence-electron chi connectivity index (χ0n) is 24.1. The number of ether oxygens (including phenoxy) is 5. The lowest BCUT2D eigenvalue weighted by molar-refractivity contribution is -0.00682. The Morgan fingerprint density at radius 1 is 0.550 bits per heavy atom. The average molecular weight is 581 g/mol. The first-order valence-electron chi connectivity index (χ1n) is 14.6. The third-order valence-corrected chi connectivity index (χ3v) is 7.43. The molecule has 2 aromatic rings. The van der Waals surface area contributed by atoms with Crippen molar-refractivity contribution in [3.05, 3.63) is 60.2 Å². The first-order chi connectivity index (χ1) is 19.6. The van der Waals surface area contributed by atoms with E-state index in [0.717, 1.165) is 12.2 Å². The summed E-state index contributed by atoms with van der Waals surface area (Å²) in [6, 6.07) is 16.4. The molecule has 0 saturated heterocycles. The van der Waals surface area contributed by atoms with E-state index in [1.165, 1.54) is 62.6 Å². The number of aryl methyl sites for hydroxylation is 1. The molecule has 8 nitrogen and oxygen atoms in total. The van der Waals surface area contributed by atoms with Gasteiger partial charge in [-0.05, 0) is 42.7 Å². The molecule has 40 heavy (non-hydrogen) atoms. The molecule has 0 bridgehead atoms. The molecule has 0 spiro atoms. The van der Waals surface area contributed by atoms with Crippen LogP contribution < -0.4 is 4.74 Å². The van der Waals surface area contributed by atoms with Gasteiger partial charge in [0, 0.05) is 0 Å². The molecule has 2 rings (SSSR count). The van der Waals surface area contributed by atoms with Crippen molar-refractivity contribution < 1.29 is 36.3 Å². The number of benzene rings is 2. The second kappa shape index (κ2) is 22.7. The zero-order valence-corrected chi connectivity index (χ0v) is 24.9. The molecule has 0 amide bonds. The minimum absolute atomic E-state index is 0.0446. The minimum atomic E-state index is -3.74. The molecule has 226 valence electrons. The van der Waals surface area contributed by atoms with Crippen molar-refractivity contribution in [3.63, 3.8) is 0 Å². The van der Waals surface area contributed by atoms with Gasteiger partial charge in [-0.25, -0.2) is 0 Å². The molecule has 0 aliphatic heterocycles. The van der Waals surface area contributed by atoms with Crippen LogP contribution in [-0.2, 0) is 39.7 Å². The van der Waals surface area contributed by atoms with Crippen LogP contribution in [0.2, 0.25) is 0 Å². The predicted octanol–water partition coefficient (Wildman–Crippen LogP) is 5.83. The van der Waals surface area contributed by atoms with E-state index in [0.29, 0.717) is 52.9 Å². The van der Waals surface area contributed by atoms with Crippen LogP contribution in [-0.4, -0.2) is 74.5 Å². The largest absolute Gasteiger partial charge is 0.491 e. The van der Waals surface area contributed by atoms with Crippen LogP contribution >= 0.6 is 0 Å². The fourth-order valence-corrected chi connectivity index (χ4v) is 4.79. The second-order valence-electron chi connectivity index (χ2n) is 9.40. The van der Waals surface area contributed by atoms with E-state index >= 15 is 0 Å². The van der Waals surface area contributed by atoms with Crippen molar-refractivity contribution in [3.8, 4) is 5.75 Å². The Kier molecular flexibility index (Phi) is 19.4. The van der Waals surface area contributed by atoms with Gasteiger partial charge in [-0.15, -0.1) is 0 Å². The average Bonchev–Trinajstić information content (AvgIpc) is 2.97. The van der Waals surface area contributed by atoms with Crippen LogP contribution in [0.25, 0.3) is 0 Å². The molecular weight excluding hydrogens is 532 g/mol. The molecule has 0 aromatic heterocycles. The molecule has 0 saturated carbocycles. The van der Waals surface area contributed by atoms with Gasteiger partial charge < -0.3 is 23.7 Å². The lowest BCUT2D eigenvalue weighted by Crippen LogP contribution is -2.15. The van der Waals surface area contributed by atoms with Crippen molar-refractivity contribution in [1.29, 1.82) is 0 Å². The van der Waals surface area contributed by atoms with Crippen LogP contribution in [0.1, 0.15) is 57.4 Å². The quantitative estimate of drug-likeness (QED) is 0.101. The Labute approximate surface area is 241 Å². The highest BCUT2D eigenvalue weighted by molar-refractivity contribution is 7.86. The van der Waals surface area contributed by atoms with Crippen molar-refractivity contribution in [2.45, 2.75) is 63.2 Å². The lowest BCUT2D eigenvalue weighted by atomic mass is 10.0. The van der Waals surface area contributed by atoms with Gasteiger partial charge >= 0.3 is 0 Å². The number of unbranched alkanes of at least 4 members (excludes halogenated alkanes) is 6. The van der Waals surface area contributed by atoms with E-state index in [1.807, 2.05) is 12.1 Å². The van der Waals surface area contributed by atoms with Gasteiger partial charge in [0.05, 0.1) is 64.4 Å². The SMILES string of the molecule is CCCCCCCCCc1ccc(OCCOCCOCCOCCOCCOS(=O)(=O)c2ccccc2)cc1. The van der Waals surface area contributed by atoms with Crippen LogP contribution in [0.15, 0.2) is 59.5 Å². The highest BCUT2D eigenvalue weighted by Gasteiger charge is 2.13. The number of hydrogen-bond donors (Lipinski definition) is 0. The van der Waals surface area contributed by atoms with Gasteiger partial charge in [0.15, 0.2) is 0 Å². The van der Waals surface area contributed by atoms with Gasteiger partial charge in [0.2, 0.25) is 0 Å². The van der Waals surface area contributed by atoms with Crippen molar-refractivity contribution >= 4 is 10.1 Å². The normalized spacial score (nSPS) is 11.6. The van der Waals surface area contributed by atoms with E-state index in [-0.39, 0.29) is 18.1 Å². The molecule has 0 atom stereocenters. The van der Waals surface area contributed by atoms with Gasteiger partial charge in [0.25, 0.3) is 10.1 Å². The molecule has 0 N–H and O–H groups in total. The van der Waals surface area contributed by atoms with Crippen molar-refractivity contribution in [2.24, 2.45) is 0 Å². The van der Waals surface area contributed by atoms with Crippen molar-refractivity contribution in [2.75, 3.05) is 66.1 Å². The summed E-state index contributed by atoms with van der Waals surface area (Å²) in [6.07, 6.45) is 10.5. The van der Waals surface area contributed by atoms with E-state index in [1.54, 1.807) is 18.2 Å². The number of hydrogen-bond acceptors (Lipinski definition) is 8. The highest BCUT2D eigenvalue weighted by Crippen LogP contribution is 2.15. The van der Waals surface area contributed by atoms with E-state index < -0.39 is 10.1 Å². The molecule has 0 aliphatic rings. The van der Waals surface area contributed by atoms with E-state index in [4.69, 9.17) is 27.9 Å². The topological polar surface area (TPSA) is 89.5 Å². The Morgan fingerprint density at radius 2 is 1.05 bits per heavy atom. The summed E-state index contributed by atoms with van der Waals surface area (Å²) >= 11 is 0. The van der Waals surface area contributed by atoms with Crippen molar-refractivity contribution in [1.82, 2.24) is 0 Å². The molecular formula is C31H48O8S. The van der Waals surface area contributed by atoms with E-state index in [9.17, 15) is 8.42 Å². The van der Waals surface area contributed by atoms with Gasteiger partial charge in [0.1, 0.15) is 12.4 Å². The lowest BCUT2D eigenvalue weighted by Gasteiger charge is -2.09. The monoisotopic (exact) mass is 580 g/mol. The van der Waals surface area contributed by atoms with Crippen LogP contribution in [0.3, 0.4) is 0 Å². The standard InChI is InChI=1S/C31H48O8S/c1-2-3-4-5-6-7-9-12-29-15-17-30(18-16-29)38-27-25-36-23-21-34-19-20-35-22-24-37-26-28-39-40(32,33)31-13-10-8-11-14-31/h8,10-11,13-18H,2-7,9,12,19-28H2,1H3. The van der Waals surface area contributed by atoms with Crippen LogP contribution in [0.4, 0.5) is 0 Å². The smallest absolute Gasteiger partial charge is 0.297 e. The summed E-state index contributed by atoms with van der Waals surface area (Å²) in [5.74, 6) is 0.869. The van der Waals surface area contributed by atoms with Crippen LogP contribution in [0.5, 0.6) is 5.75 Å². The number of rotatable bonds is 26.